The summed E-state index contributed by atoms with van der Waals surface area (Å²) in [5.41, 5.74) is 6.96. The van der Waals surface area contributed by atoms with Crippen LogP contribution in [0.25, 0.3) is 0 Å². The molecule has 1 aliphatic rings. The van der Waals surface area contributed by atoms with Gasteiger partial charge in [0.25, 0.3) is 5.91 Å². The number of likely N-dealkylation sites (tertiary alicyclic amines) is 1. The summed E-state index contributed by atoms with van der Waals surface area (Å²) in [6, 6.07) is 0. The van der Waals surface area contributed by atoms with Gasteiger partial charge in [0, 0.05) is 13.1 Å². The van der Waals surface area contributed by atoms with E-state index in [4.69, 9.17) is 10.3 Å². The SMILES string of the molecule is Cc1noc(C)c1C(=O)N1CCC[C@H](CN)C1. The number of nitrogens with zero attached hydrogens (tertiary/aromatic N) is 2. The van der Waals surface area contributed by atoms with E-state index in [9.17, 15) is 4.79 Å². The van der Waals surface area contributed by atoms with E-state index >= 15 is 0 Å². The average molecular weight is 237 g/mol. The zero-order chi connectivity index (χ0) is 12.4. The molecule has 5 nitrogen and oxygen atoms in total. The van der Waals surface area contributed by atoms with Gasteiger partial charge in [-0.1, -0.05) is 5.16 Å². The first-order chi connectivity index (χ1) is 8.13. The lowest BCUT2D eigenvalue weighted by atomic mass is 9.97. The van der Waals surface area contributed by atoms with Gasteiger partial charge >= 0.3 is 0 Å². The van der Waals surface area contributed by atoms with Gasteiger partial charge in [-0.3, -0.25) is 4.79 Å². The van der Waals surface area contributed by atoms with Gasteiger partial charge in [0.05, 0.1) is 5.69 Å². The third-order valence-electron chi connectivity index (χ3n) is 3.39. The Kier molecular flexibility index (Phi) is 3.47. The number of piperidine rings is 1. The van der Waals surface area contributed by atoms with Crippen molar-refractivity contribution in [2.75, 3.05) is 19.6 Å². The van der Waals surface area contributed by atoms with Crippen LogP contribution in [-0.2, 0) is 0 Å². The van der Waals surface area contributed by atoms with Crippen molar-refractivity contribution in [3.8, 4) is 0 Å². The number of hydrogen-bond donors (Lipinski definition) is 1. The molecule has 1 atom stereocenters. The number of aryl methyl sites for hydroxylation is 2. The molecule has 1 amide bonds. The minimum atomic E-state index is 0.0272. The molecule has 0 saturated carbocycles. The van der Waals surface area contributed by atoms with Crippen LogP contribution in [0.2, 0.25) is 0 Å². The van der Waals surface area contributed by atoms with E-state index in [0.29, 0.717) is 29.5 Å². The van der Waals surface area contributed by atoms with Gasteiger partial charge < -0.3 is 15.2 Å². The highest BCUT2D eigenvalue weighted by Crippen LogP contribution is 2.20. The molecule has 1 fully saturated rings. The van der Waals surface area contributed by atoms with Crippen molar-refractivity contribution < 1.29 is 9.32 Å². The Balaban J connectivity index is 2.15. The van der Waals surface area contributed by atoms with Crippen molar-refractivity contribution in [3.05, 3.63) is 17.0 Å². The fourth-order valence-electron chi connectivity index (χ4n) is 2.39. The second kappa shape index (κ2) is 4.87. The molecule has 1 aromatic rings. The maximum Gasteiger partial charge on any atom is 0.259 e. The highest BCUT2D eigenvalue weighted by Gasteiger charge is 2.27. The number of hydrogen-bond acceptors (Lipinski definition) is 4. The van der Waals surface area contributed by atoms with E-state index in [2.05, 4.69) is 5.16 Å². The molecule has 2 N–H and O–H groups in total. The smallest absolute Gasteiger partial charge is 0.259 e. The first-order valence-electron chi connectivity index (χ1n) is 6.05. The lowest BCUT2D eigenvalue weighted by Gasteiger charge is -2.32. The van der Waals surface area contributed by atoms with E-state index < -0.39 is 0 Å². The summed E-state index contributed by atoms with van der Waals surface area (Å²) in [6.07, 6.45) is 2.14. The molecule has 0 unspecified atom stereocenters. The third kappa shape index (κ3) is 2.34. The third-order valence-corrected chi connectivity index (χ3v) is 3.39. The number of aromatic nitrogens is 1. The van der Waals surface area contributed by atoms with Gasteiger partial charge in [0.2, 0.25) is 0 Å². The van der Waals surface area contributed by atoms with Crippen LogP contribution in [-0.4, -0.2) is 35.6 Å². The number of amides is 1. The lowest BCUT2D eigenvalue weighted by Crippen LogP contribution is -2.42. The zero-order valence-electron chi connectivity index (χ0n) is 10.4. The minimum absolute atomic E-state index is 0.0272. The van der Waals surface area contributed by atoms with Crippen LogP contribution in [0.15, 0.2) is 4.52 Å². The summed E-state index contributed by atoms with van der Waals surface area (Å²) in [5.74, 6) is 1.05. The zero-order valence-corrected chi connectivity index (χ0v) is 10.4. The molecule has 0 bridgehead atoms. The molecule has 1 saturated heterocycles. The second-order valence-electron chi connectivity index (χ2n) is 4.69. The molecule has 2 rings (SSSR count). The number of nitrogens with two attached hydrogens (primary N) is 1. The maximum atomic E-state index is 12.3. The van der Waals surface area contributed by atoms with Crippen LogP contribution in [0.3, 0.4) is 0 Å². The maximum absolute atomic E-state index is 12.3. The minimum Gasteiger partial charge on any atom is -0.361 e. The van der Waals surface area contributed by atoms with Crippen LogP contribution in [0.5, 0.6) is 0 Å². The largest absolute Gasteiger partial charge is 0.361 e. The molecule has 0 radical (unpaired) electrons. The van der Waals surface area contributed by atoms with Gasteiger partial charge in [-0.2, -0.15) is 0 Å². The van der Waals surface area contributed by atoms with Crippen LogP contribution < -0.4 is 5.73 Å². The van der Waals surface area contributed by atoms with Gasteiger partial charge in [-0.05, 0) is 39.2 Å². The summed E-state index contributed by atoms with van der Waals surface area (Å²) in [4.78, 5) is 14.2. The fourth-order valence-corrected chi connectivity index (χ4v) is 2.39. The van der Waals surface area contributed by atoms with E-state index in [0.717, 1.165) is 25.9 Å². The molecule has 0 spiro atoms. The van der Waals surface area contributed by atoms with Crippen molar-refractivity contribution in [1.82, 2.24) is 10.1 Å². The van der Waals surface area contributed by atoms with Crippen LogP contribution in [0.4, 0.5) is 0 Å². The van der Waals surface area contributed by atoms with Crippen LogP contribution in [0, 0.1) is 19.8 Å². The quantitative estimate of drug-likeness (QED) is 0.836. The Bertz CT molecular complexity index is 394. The predicted molar refractivity (Wildman–Crippen MR) is 63.7 cm³/mol. The number of carbonyl (C=O) groups is 1. The monoisotopic (exact) mass is 237 g/mol. The van der Waals surface area contributed by atoms with Crippen molar-refractivity contribution in [2.45, 2.75) is 26.7 Å². The molecule has 5 heteroatoms. The topological polar surface area (TPSA) is 72.4 Å². The van der Waals surface area contributed by atoms with E-state index in [1.54, 1.807) is 13.8 Å². The molecule has 2 heterocycles. The standard InChI is InChI=1S/C12H19N3O2/c1-8-11(9(2)17-14-8)12(16)15-5-3-4-10(6-13)7-15/h10H,3-7,13H2,1-2H3/t10-/m1/s1. The van der Waals surface area contributed by atoms with Gasteiger partial charge in [0.15, 0.2) is 0 Å². The first-order valence-corrected chi connectivity index (χ1v) is 6.05. The molecule has 1 aliphatic heterocycles. The van der Waals surface area contributed by atoms with E-state index in [-0.39, 0.29) is 5.91 Å². The average Bonchev–Trinajstić information content (AvgIpc) is 2.68. The number of carbonyl (C=O) groups excluding carboxylic acids is 1. The van der Waals surface area contributed by atoms with Gasteiger partial charge in [0.1, 0.15) is 11.3 Å². The van der Waals surface area contributed by atoms with Gasteiger partial charge in [-0.15, -0.1) is 0 Å². The highest BCUT2D eigenvalue weighted by molar-refractivity contribution is 5.96. The molecule has 1 aromatic heterocycles. The Morgan fingerprint density at radius 3 is 2.94 bits per heavy atom. The Labute approximate surface area is 101 Å². The molecular weight excluding hydrogens is 218 g/mol. The van der Waals surface area contributed by atoms with E-state index in [1.807, 2.05) is 4.90 Å². The molecule has 17 heavy (non-hydrogen) atoms. The van der Waals surface area contributed by atoms with Crippen LogP contribution in [0.1, 0.15) is 34.7 Å². The van der Waals surface area contributed by atoms with Crippen molar-refractivity contribution in [1.29, 1.82) is 0 Å². The van der Waals surface area contributed by atoms with Crippen molar-refractivity contribution in [2.24, 2.45) is 11.7 Å². The van der Waals surface area contributed by atoms with Crippen LogP contribution >= 0.6 is 0 Å². The second-order valence-corrected chi connectivity index (χ2v) is 4.69. The molecular formula is C12H19N3O2. The highest BCUT2D eigenvalue weighted by atomic mass is 16.5. The predicted octanol–water partition coefficient (Wildman–Crippen LogP) is 1.10. The summed E-state index contributed by atoms with van der Waals surface area (Å²) < 4.78 is 5.04. The van der Waals surface area contributed by atoms with E-state index in [1.165, 1.54) is 0 Å². The molecule has 0 aromatic carbocycles. The van der Waals surface area contributed by atoms with Crippen molar-refractivity contribution in [3.63, 3.8) is 0 Å². The molecule has 0 aliphatic carbocycles. The Morgan fingerprint density at radius 1 is 1.59 bits per heavy atom. The fraction of sp³-hybridized carbons (Fsp3) is 0.667. The lowest BCUT2D eigenvalue weighted by molar-refractivity contribution is 0.0676. The van der Waals surface area contributed by atoms with Gasteiger partial charge in [-0.25, -0.2) is 0 Å². The summed E-state index contributed by atoms with van der Waals surface area (Å²) >= 11 is 0. The summed E-state index contributed by atoms with van der Waals surface area (Å²) in [5, 5.41) is 3.82. The Hall–Kier alpha value is -1.36. The summed E-state index contributed by atoms with van der Waals surface area (Å²) in [6.45, 7) is 5.77. The normalized spacial score (nSPS) is 20.6. The number of rotatable bonds is 2. The first kappa shape index (κ1) is 12.1. The molecule has 94 valence electrons. The summed E-state index contributed by atoms with van der Waals surface area (Å²) in [7, 11) is 0. The van der Waals surface area contributed by atoms with Crippen molar-refractivity contribution >= 4 is 5.91 Å². The Morgan fingerprint density at radius 2 is 2.35 bits per heavy atom.